The summed E-state index contributed by atoms with van der Waals surface area (Å²) in [6.07, 6.45) is 4.14. The second-order valence-electron chi connectivity index (χ2n) is 6.43. The van der Waals surface area contributed by atoms with Crippen molar-refractivity contribution >= 4 is 18.2 Å². The highest BCUT2D eigenvalue weighted by atomic mass is 32.1. The van der Waals surface area contributed by atoms with Crippen molar-refractivity contribution < 1.29 is 9.90 Å². The molecule has 0 amide bonds. The van der Waals surface area contributed by atoms with Crippen LogP contribution in [-0.4, -0.2) is 20.6 Å². The van der Waals surface area contributed by atoms with Gasteiger partial charge in [-0.2, -0.15) is 0 Å². The molecule has 1 heterocycles. The number of carboxylic acid groups (broad SMARTS) is 1. The summed E-state index contributed by atoms with van der Waals surface area (Å²) in [4.78, 5) is 15.9. The molecule has 3 aromatic rings. The lowest BCUT2D eigenvalue weighted by Crippen LogP contribution is -2.17. The van der Waals surface area contributed by atoms with Crippen LogP contribution in [0.5, 0.6) is 0 Å². The summed E-state index contributed by atoms with van der Waals surface area (Å²) in [5, 5.41) is 9.17. The Labute approximate surface area is 156 Å². The first-order valence-corrected chi connectivity index (χ1v) is 9.10. The molecule has 0 unspecified atom stereocenters. The summed E-state index contributed by atoms with van der Waals surface area (Å²) in [5.74, 6) is -0.120. The number of carboxylic acids is 1. The molecule has 0 saturated heterocycles. The maximum Gasteiger partial charge on any atom is 0.335 e. The zero-order valence-corrected chi connectivity index (χ0v) is 15.0. The van der Waals surface area contributed by atoms with Crippen LogP contribution >= 0.6 is 12.2 Å². The van der Waals surface area contributed by atoms with E-state index in [2.05, 4.69) is 4.57 Å². The molecular formula is C21H18N2O2S. The predicted molar refractivity (Wildman–Crippen MR) is 103 cm³/mol. The van der Waals surface area contributed by atoms with Crippen molar-refractivity contribution in [1.29, 1.82) is 0 Å². The second-order valence-corrected chi connectivity index (χ2v) is 6.81. The molecule has 0 saturated carbocycles. The SMILES string of the molecule is O=C(O)c1ccc(-n2c(-c3ccccc3)nc(=S)c3c2CCCC3)cc1. The van der Waals surface area contributed by atoms with Gasteiger partial charge < -0.3 is 5.11 Å². The van der Waals surface area contributed by atoms with Crippen LogP contribution in [0.25, 0.3) is 17.1 Å². The van der Waals surface area contributed by atoms with E-state index in [1.54, 1.807) is 12.1 Å². The zero-order chi connectivity index (χ0) is 18.1. The number of benzene rings is 2. The highest BCUT2D eigenvalue weighted by Crippen LogP contribution is 2.30. The molecule has 0 aliphatic heterocycles. The van der Waals surface area contributed by atoms with E-state index < -0.39 is 5.97 Å². The molecular weight excluding hydrogens is 344 g/mol. The van der Waals surface area contributed by atoms with E-state index >= 15 is 0 Å². The van der Waals surface area contributed by atoms with E-state index in [1.165, 1.54) is 5.69 Å². The minimum Gasteiger partial charge on any atom is -0.478 e. The highest BCUT2D eigenvalue weighted by molar-refractivity contribution is 7.71. The molecule has 2 aromatic carbocycles. The van der Waals surface area contributed by atoms with Crippen molar-refractivity contribution in [2.24, 2.45) is 0 Å². The largest absolute Gasteiger partial charge is 0.478 e. The number of fused-ring (bicyclic) bond motifs is 1. The summed E-state index contributed by atoms with van der Waals surface area (Å²) < 4.78 is 2.82. The normalized spacial score (nSPS) is 13.2. The van der Waals surface area contributed by atoms with Crippen molar-refractivity contribution in [3.63, 3.8) is 0 Å². The number of hydrogen-bond acceptors (Lipinski definition) is 3. The lowest BCUT2D eigenvalue weighted by atomic mass is 9.96. The van der Waals surface area contributed by atoms with Gasteiger partial charge in [0.05, 0.1) is 5.56 Å². The molecule has 130 valence electrons. The van der Waals surface area contributed by atoms with E-state index in [1.807, 2.05) is 42.5 Å². The summed E-state index contributed by atoms with van der Waals surface area (Å²) >= 11 is 5.59. The Bertz CT molecular complexity index is 1020. The van der Waals surface area contributed by atoms with Crippen LogP contribution in [0.2, 0.25) is 0 Å². The fourth-order valence-corrected chi connectivity index (χ4v) is 3.83. The smallest absolute Gasteiger partial charge is 0.335 e. The monoisotopic (exact) mass is 362 g/mol. The Balaban J connectivity index is 1.99. The van der Waals surface area contributed by atoms with Crippen molar-refractivity contribution in [2.75, 3.05) is 0 Å². The Morgan fingerprint density at radius 1 is 1.00 bits per heavy atom. The molecule has 4 rings (SSSR count). The van der Waals surface area contributed by atoms with E-state index in [9.17, 15) is 9.90 Å². The van der Waals surface area contributed by atoms with Gasteiger partial charge in [-0.05, 0) is 49.9 Å². The number of aromatic nitrogens is 2. The predicted octanol–water partition coefficient (Wildman–Crippen LogP) is 4.85. The van der Waals surface area contributed by atoms with Crippen molar-refractivity contribution in [3.05, 3.63) is 76.1 Å². The maximum atomic E-state index is 11.2. The van der Waals surface area contributed by atoms with Gasteiger partial charge in [0, 0.05) is 22.5 Å². The molecule has 0 spiro atoms. The number of hydrogen-bond donors (Lipinski definition) is 1. The Morgan fingerprint density at radius 3 is 2.38 bits per heavy atom. The van der Waals surface area contributed by atoms with E-state index in [-0.39, 0.29) is 5.56 Å². The van der Waals surface area contributed by atoms with E-state index in [4.69, 9.17) is 17.2 Å². The molecule has 1 aliphatic rings. The Morgan fingerprint density at radius 2 is 1.69 bits per heavy atom. The fourth-order valence-electron chi connectivity index (χ4n) is 3.52. The van der Waals surface area contributed by atoms with Crippen LogP contribution in [-0.2, 0) is 12.8 Å². The quantitative estimate of drug-likeness (QED) is 0.677. The minimum atomic E-state index is -0.925. The number of carbonyl (C=O) groups is 1. The van der Waals surface area contributed by atoms with E-state index in [0.717, 1.165) is 48.3 Å². The zero-order valence-electron chi connectivity index (χ0n) is 14.2. The molecule has 0 radical (unpaired) electrons. The topological polar surface area (TPSA) is 55.1 Å². The van der Waals surface area contributed by atoms with Crippen LogP contribution in [0.15, 0.2) is 54.6 Å². The van der Waals surface area contributed by atoms with E-state index in [0.29, 0.717) is 4.64 Å². The lowest BCUT2D eigenvalue weighted by molar-refractivity contribution is 0.0697. The van der Waals surface area contributed by atoms with Gasteiger partial charge in [0.2, 0.25) is 0 Å². The molecule has 26 heavy (non-hydrogen) atoms. The summed E-state index contributed by atoms with van der Waals surface area (Å²) in [7, 11) is 0. The van der Waals surface area contributed by atoms with Crippen molar-refractivity contribution in [2.45, 2.75) is 25.7 Å². The molecule has 4 nitrogen and oxygen atoms in total. The third kappa shape index (κ3) is 2.95. The van der Waals surface area contributed by atoms with Gasteiger partial charge in [0.15, 0.2) is 0 Å². The van der Waals surface area contributed by atoms with Gasteiger partial charge in [-0.25, -0.2) is 9.78 Å². The second kappa shape index (κ2) is 6.84. The minimum absolute atomic E-state index is 0.275. The molecule has 0 bridgehead atoms. The molecule has 1 aliphatic carbocycles. The average Bonchev–Trinajstić information content (AvgIpc) is 2.69. The third-order valence-corrected chi connectivity index (χ3v) is 5.13. The fraction of sp³-hybridized carbons (Fsp3) is 0.190. The number of aromatic carboxylic acids is 1. The van der Waals surface area contributed by atoms with Gasteiger partial charge in [-0.1, -0.05) is 42.5 Å². The maximum absolute atomic E-state index is 11.2. The standard InChI is InChI=1S/C21H18N2O2S/c24-21(25)15-10-12-16(13-11-15)23-18-9-5-4-8-17(18)20(26)22-19(23)14-6-2-1-3-7-14/h1-3,6-7,10-13H,4-5,8-9H2,(H,24,25). The summed E-state index contributed by atoms with van der Waals surface area (Å²) in [5.41, 5.74) is 4.52. The van der Waals surface area contributed by atoms with Crippen LogP contribution in [0.1, 0.15) is 34.5 Å². The van der Waals surface area contributed by atoms with Crippen LogP contribution in [0.4, 0.5) is 0 Å². The molecule has 1 aromatic heterocycles. The Kier molecular flexibility index (Phi) is 4.39. The molecule has 0 fully saturated rings. The van der Waals surface area contributed by atoms with Crippen molar-refractivity contribution in [3.8, 4) is 17.1 Å². The van der Waals surface area contributed by atoms with Crippen LogP contribution < -0.4 is 0 Å². The molecule has 5 heteroatoms. The van der Waals surface area contributed by atoms with Crippen LogP contribution in [0, 0.1) is 4.64 Å². The van der Waals surface area contributed by atoms with Gasteiger partial charge in [-0.15, -0.1) is 0 Å². The first-order chi connectivity index (χ1) is 12.6. The Hall–Kier alpha value is -2.79. The first kappa shape index (κ1) is 16.7. The number of nitrogens with zero attached hydrogens (tertiary/aromatic N) is 2. The average molecular weight is 362 g/mol. The lowest BCUT2D eigenvalue weighted by Gasteiger charge is -2.24. The highest BCUT2D eigenvalue weighted by Gasteiger charge is 2.20. The van der Waals surface area contributed by atoms with Crippen LogP contribution in [0.3, 0.4) is 0 Å². The summed E-state index contributed by atoms with van der Waals surface area (Å²) in [6, 6.07) is 16.9. The van der Waals surface area contributed by atoms with Gasteiger partial charge in [0.25, 0.3) is 0 Å². The third-order valence-electron chi connectivity index (χ3n) is 4.79. The van der Waals surface area contributed by atoms with Crippen molar-refractivity contribution in [1.82, 2.24) is 9.55 Å². The number of rotatable bonds is 3. The van der Waals surface area contributed by atoms with Gasteiger partial charge >= 0.3 is 5.97 Å². The molecule has 1 N–H and O–H groups in total. The first-order valence-electron chi connectivity index (χ1n) is 8.69. The van der Waals surface area contributed by atoms with Gasteiger partial charge in [0.1, 0.15) is 10.5 Å². The molecule has 0 atom stereocenters. The summed E-state index contributed by atoms with van der Waals surface area (Å²) in [6.45, 7) is 0. The van der Waals surface area contributed by atoms with Gasteiger partial charge in [-0.3, -0.25) is 4.57 Å².